The Morgan fingerprint density at radius 1 is 1.31 bits per heavy atom. The fourth-order valence-corrected chi connectivity index (χ4v) is 1.28. The van der Waals surface area contributed by atoms with Gasteiger partial charge < -0.3 is 10.1 Å². The van der Waals surface area contributed by atoms with Gasteiger partial charge in [-0.1, -0.05) is 0 Å². The molecule has 1 N–H and O–H groups in total. The number of carbonyl (C=O) groups is 1. The summed E-state index contributed by atoms with van der Waals surface area (Å²) in [5.74, 6) is -0.121. The van der Waals surface area contributed by atoms with Crippen molar-refractivity contribution in [2.45, 2.75) is 25.5 Å². The van der Waals surface area contributed by atoms with Gasteiger partial charge in [0.05, 0.1) is 0 Å². The van der Waals surface area contributed by atoms with Crippen molar-refractivity contribution in [3.05, 3.63) is 29.8 Å². The van der Waals surface area contributed by atoms with Gasteiger partial charge in [-0.3, -0.25) is 4.79 Å². The first-order valence-electron chi connectivity index (χ1n) is 5.01. The summed E-state index contributed by atoms with van der Waals surface area (Å²) >= 11 is 0. The molecule has 0 spiro atoms. The Morgan fingerprint density at radius 3 is 2.44 bits per heavy atom. The number of alkyl halides is 2. The van der Waals surface area contributed by atoms with Gasteiger partial charge >= 0.3 is 6.61 Å². The van der Waals surface area contributed by atoms with E-state index in [1.165, 1.54) is 24.3 Å². The maximum atomic E-state index is 11.9. The van der Waals surface area contributed by atoms with Gasteiger partial charge in [-0.05, 0) is 37.1 Å². The monoisotopic (exact) mass is 227 g/mol. The molecule has 1 aromatic carbocycles. The van der Waals surface area contributed by atoms with Crippen molar-refractivity contribution in [3.8, 4) is 5.75 Å². The van der Waals surface area contributed by atoms with Gasteiger partial charge in [0.1, 0.15) is 5.75 Å². The number of rotatable bonds is 4. The van der Waals surface area contributed by atoms with Crippen LogP contribution in [0.25, 0.3) is 0 Å². The predicted octanol–water partition coefficient (Wildman–Crippen LogP) is 2.18. The van der Waals surface area contributed by atoms with Crippen molar-refractivity contribution in [1.82, 2.24) is 5.32 Å². The second-order valence-corrected chi connectivity index (χ2v) is 3.65. The Labute approximate surface area is 91.4 Å². The van der Waals surface area contributed by atoms with Crippen LogP contribution in [0.3, 0.4) is 0 Å². The summed E-state index contributed by atoms with van der Waals surface area (Å²) in [4.78, 5) is 11.5. The molecule has 0 heterocycles. The van der Waals surface area contributed by atoms with Crippen LogP contribution in [-0.2, 0) is 0 Å². The quantitative estimate of drug-likeness (QED) is 0.856. The van der Waals surface area contributed by atoms with Crippen LogP contribution in [0.15, 0.2) is 24.3 Å². The van der Waals surface area contributed by atoms with Crippen LogP contribution in [0.4, 0.5) is 8.78 Å². The number of amides is 1. The molecule has 0 bridgehead atoms. The van der Waals surface area contributed by atoms with Crippen LogP contribution in [0, 0.1) is 0 Å². The third kappa shape index (κ3) is 2.92. The summed E-state index contributed by atoms with van der Waals surface area (Å²) in [5.41, 5.74) is 0.452. The molecule has 1 fully saturated rings. The van der Waals surface area contributed by atoms with E-state index in [0.717, 1.165) is 12.8 Å². The highest BCUT2D eigenvalue weighted by molar-refractivity contribution is 5.94. The molecule has 1 amide bonds. The van der Waals surface area contributed by atoms with Crippen molar-refractivity contribution >= 4 is 5.91 Å². The second kappa shape index (κ2) is 4.47. The fraction of sp³-hybridized carbons (Fsp3) is 0.364. The summed E-state index contributed by atoms with van der Waals surface area (Å²) in [6.45, 7) is -2.84. The van der Waals surface area contributed by atoms with Crippen LogP contribution >= 0.6 is 0 Å². The molecule has 3 nitrogen and oxygen atoms in total. The van der Waals surface area contributed by atoms with Crippen LogP contribution in [-0.4, -0.2) is 18.6 Å². The van der Waals surface area contributed by atoms with E-state index in [2.05, 4.69) is 10.1 Å². The molecular weight excluding hydrogens is 216 g/mol. The topological polar surface area (TPSA) is 38.3 Å². The zero-order valence-corrected chi connectivity index (χ0v) is 8.45. The molecule has 0 unspecified atom stereocenters. The van der Waals surface area contributed by atoms with Gasteiger partial charge in [0.15, 0.2) is 0 Å². The lowest BCUT2D eigenvalue weighted by Crippen LogP contribution is -2.25. The minimum atomic E-state index is -2.84. The largest absolute Gasteiger partial charge is 0.435 e. The lowest BCUT2D eigenvalue weighted by molar-refractivity contribution is -0.0498. The zero-order valence-electron chi connectivity index (χ0n) is 8.45. The second-order valence-electron chi connectivity index (χ2n) is 3.65. The van der Waals surface area contributed by atoms with E-state index in [4.69, 9.17) is 0 Å². The Bertz CT molecular complexity index is 374. The summed E-state index contributed by atoms with van der Waals surface area (Å²) in [6, 6.07) is 5.93. The maximum absolute atomic E-state index is 11.9. The summed E-state index contributed by atoms with van der Waals surface area (Å²) in [7, 11) is 0. The van der Waals surface area contributed by atoms with E-state index < -0.39 is 6.61 Å². The van der Waals surface area contributed by atoms with E-state index in [9.17, 15) is 13.6 Å². The lowest BCUT2D eigenvalue weighted by atomic mass is 10.2. The molecule has 86 valence electrons. The van der Waals surface area contributed by atoms with Crippen molar-refractivity contribution in [2.75, 3.05) is 0 Å². The third-order valence-corrected chi connectivity index (χ3v) is 2.25. The fourth-order valence-electron chi connectivity index (χ4n) is 1.28. The van der Waals surface area contributed by atoms with Gasteiger partial charge in [-0.15, -0.1) is 0 Å². The average Bonchev–Trinajstić information content (AvgIpc) is 3.01. The summed E-state index contributed by atoms with van der Waals surface area (Å²) < 4.78 is 27.9. The van der Waals surface area contributed by atoms with E-state index in [-0.39, 0.29) is 17.7 Å². The first-order valence-corrected chi connectivity index (χ1v) is 5.01. The number of ether oxygens (including phenoxy) is 1. The summed E-state index contributed by atoms with van der Waals surface area (Å²) in [6.07, 6.45) is 2.02. The van der Waals surface area contributed by atoms with Gasteiger partial charge in [0.25, 0.3) is 5.91 Å². The van der Waals surface area contributed by atoms with Gasteiger partial charge in [-0.2, -0.15) is 8.78 Å². The first kappa shape index (κ1) is 10.9. The zero-order chi connectivity index (χ0) is 11.5. The van der Waals surface area contributed by atoms with E-state index in [0.29, 0.717) is 5.56 Å². The molecule has 1 aliphatic carbocycles. The number of benzene rings is 1. The van der Waals surface area contributed by atoms with Crippen molar-refractivity contribution in [2.24, 2.45) is 0 Å². The molecular formula is C11H11F2NO2. The molecule has 2 rings (SSSR count). The number of hydrogen-bond acceptors (Lipinski definition) is 2. The number of halogens is 2. The molecule has 1 aromatic rings. The maximum Gasteiger partial charge on any atom is 0.387 e. The highest BCUT2D eigenvalue weighted by atomic mass is 19.3. The van der Waals surface area contributed by atoms with Gasteiger partial charge in [0, 0.05) is 11.6 Å². The van der Waals surface area contributed by atoms with E-state index >= 15 is 0 Å². The SMILES string of the molecule is O=C(NC1CC1)c1ccc(OC(F)F)cc1. The van der Waals surface area contributed by atoms with Crippen LogP contribution in [0.5, 0.6) is 5.75 Å². The first-order chi connectivity index (χ1) is 7.65. The standard InChI is InChI=1S/C11H11F2NO2/c12-11(13)16-9-5-1-7(2-6-9)10(15)14-8-3-4-8/h1-2,5-6,8,11H,3-4H2,(H,14,15). The number of carbonyl (C=O) groups excluding carboxylic acids is 1. The van der Waals surface area contributed by atoms with Crippen LogP contribution < -0.4 is 10.1 Å². The highest BCUT2D eigenvalue weighted by Crippen LogP contribution is 2.20. The van der Waals surface area contributed by atoms with Crippen molar-refractivity contribution in [1.29, 1.82) is 0 Å². The van der Waals surface area contributed by atoms with E-state index in [1.807, 2.05) is 0 Å². The Morgan fingerprint density at radius 2 is 1.94 bits per heavy atom. The summed E-state index contributed by atoms with van der Waals surface area (Å²) in [5, 5.41) is 2.80. The van der Waals surface area contributed by atoms with Crippen molar-refractivity contribution < 1.29 is 18.3 Å². The van der Waals surface area contributed by atoms with Crippen LogP contribution in [0.2, 0.25) is 0 Å². The minimum Gasteiger partial charge on any atom is -0.435 e. The van der Waals surface area contributed by atoms with Gasteiger partial charge in [0.2, 0.25) is 0 Å². The number of hydrogen-bond donors (Lipinski definition) is 1. The Balaban J connectivity index is 1.97. The highest BCUT2D eigenvalue weighted by Gasteiger charge is 2.23. The van der Waals surface area contributed by atoms with Crippen molar-refractivity contribution in [3.63, 3.8) is 0 Å². The molecule has 16 heavy (non-hydrogen) atoms. The number of nitrogens with one attached hydrogen (secondary N) is 1. The smallest absolute Gasteiger partial charge is 0.387 e. The van der Waals surface area contributed by atoms with Crippen LogP contribution in [0.1, 0.15) is 23.2 Å². The molecule has 1 aliphatic rings. The third-order valence-electron chi connectivity index (χ3n) is 2.25. The average molecular weight is 227 g/mol. The minimum absolute atomic E-state index is 0.0537. The molecule has 0 saturated heterocycles. The van der Waals surface area contributed by atoms with Gasteiger partial charge in [-0.25, -0.2) is 0 Å². The normalized spacial score (nSPS) is 14.9. The molecule has 1 saturated carbocycles. The predicted molar refractivity (Wildman–Crippen MR) is 53.6 cm³/mol. The molecule has 5 heteroatoms. The Hall–Kier alpha value is -1.65. The Kier molecular flexibility index (Phi) is 3.03. The molecule has 0 aromatic heterocycles. The molecule has 0 radical (unpaired) electrons. The van der Waals surface area contributed by atoms with E-state index in [1.54, 1.807) is 0 Å². The molecule has 0 aliphatic heterocycles. The lowest BCUT2D eigenvalue weighted by Gasteiger charge is -2.06. The molecule has 0 atom stereocenters.